The third-order valence-electron chi connectivity index (χ3n) is 5.36. The number of nitrogens with zero attached hydrogens (tertiary/aromatic N) is 2. The number of rotatable bonds is 4. The Morgan fingerprint density at radius 3 is 2.32 bits per heavy atom. The van der Waals surface area contributed by atoms with Crippen LogP contribution in [0.3, 0.4) is 0 Å². The van der Waals surface area contributed by atoms with Gasteiger partial charge in [0, 0.05) is 17.9 Å². The summed E-state index contributed by atoms with van der Waals surface area (Å²) in [4.78, 5) is 12.2. The van der Waals surface area contributed by atoms with Crippen LogP contribution in [0, 0.1) is 11.8 Å². The molecule has 1 aliphatic carbocycles. The second-order valence-electron chi connectivity index (χ2n) is 7.56. The molecule has 31 heavy (non-hydrogen) atoms. The van der Waals surface area contributed by atoms with Crippen molar-refractivity contribution in [1.29, 1.82) is 0 Å². The van der Waals surface area contributed by atoms with Crippen LogP contribution in [0.1, 0.15) is 39.0 Å². The standard InChI is InChI=1S/C20H26ClN3O2.BF4/c1-14(20(25)26-2)17-6-5-7-18(19(17)24-12-3-4-13-24)23-22-16-10-8-15(21)9-11-16;2-1(3,4)5/h8-11,14,17H,3-7,12-13H2,1-2H3;/q;-1/p+1. The molecule has 2 fully saturated rings. The van der Waals surface area contributed by atoms with Gasteiger partial charge in [0.05, 0.1) is 24.6 Å². The number of carbonyl (C=O) groups excluding carboxylic acids is 1. The third-order valence-corrected chi connectivity index (χ3v) is 5.62. The second-order valence-corrected chi connectivity index (χ2v) is 8.00. The average Bonchev–Trinajstić information content (AvgIpc) is 3.25. The Kier molecular flexibility index (Phi) is 9.34. The van der Waals surface area contributed by atoms with Crippen molar-refractivity contribution < 1.29 is 31.4 Å². The van der Waals surface area contributed by atoms with Gasteiger partial charge in [0.15, 0.2) is 0 Å². The number of hydrazone groups is 1. The van der Waals surface area contributed by atoms with Crippen molar-refractivity contribution in [3.63, 3.8) is 0 Å². The lowest BCUT2D eigenvalue weighted by Gasteiger charge is -2.27. The highest BCUT2D eigenvalue weighted by Gasteiger charge is 2.40. The molecule has 1 saturated carbocycles. The van der Waals surface area contributed by atoms with Crippen LogP contribution in [-0.4, -0.2) is 49.4 Å². The summed E-state index contributed by atoms with van der Waals surface area (Å²) in [5.74, 6) is -0.129. The molecule has 2 aliphatic rings. The zero-order valence-electron chi connectivity index (χ0n) is 17.6. The number of carbonyl (C=O) groups is 1. The van der Waals surface area contributed by atoms with Crippen LogP contribution in [-0.2, 0) is 9.53 Å². The zero-order chi connectivity index (χ0) is 23.0. The predicted octanol–water partition coefficient (Wildman–Crippen LogP) is 5.26. The molecule has 1 aliphatic heterocycles. The van der Waals surface area contributed by atoms with Crippen LogP contribution in [0.15, 0.2) is 29.4 Å². The van der Waals surface area contributed by atoms with Crippen molar-refractivity contribution in [1.82, 2.24) is 0 Å². The number of halogens is 5. The minimum atomic E-state index is -6.00. The maximum Gasteiger partial charge on any atom is 0.673 e. The Bertz CT molecular complexity index is 802. The average molecular weight is 464 g/mol. The van der Waals surface area contributed by atoms with Gasteiger partial charge in [-0.1, -0.05) is 18.5 Å². The van der Waals surface area contributed by atoms with Gasteiger partial charge < -0.3 is 22.0 Å². The van der Waals surface area contributed by atoms with Crippen LogP contribution in [0.2, 0.25) is 5.02 Å². The summed E-state index contributed by atoms with van der Waals surface area (Å²) in [6.07, 6.45) is 5.35. The number of nitrogens with one attached hydrogen (secondary N) is 1. The first-order valence-electron chi connectivity index (χ1n) is 10.3. The monoisotopic (exact) mass is 463 g/mol. The van der Waals surface area contributed by atoms with E-state index in [-0.39, 0.29) is 17.8 Å². The molecule has 1 N–H and O–H groups in total. The van der Waals surface area contributed by atoms with E-state index in [9.17, 15) is 22.1 Å². The van der Waals surface area contributed by atoms with E-state index in [0.717, 1.165) is 43.8 Å². The highest BCUT2D eigenvalue weighted by atomic mass is 35.5. The Labute approximate surface area is 184 Å². The van der Waals surface area contributed by atoms with E-state index in [0.29, 0.717) is 5.02 Å². The molecule has 2 atom stereocenters. The quantitative estimate of drug-likeness (QED) is 0.218. The maximum absolute atomic E-state index is 12.2. The number of anilines is 1. The summed E-state index contributed by atoms with van der Waals surface area (Å²) in [6.45, 7) is 4.06. The van der Waals surface area contributed by atoms with Crippen molar-refractivity contribution in [3.8, 4) is 0 Å². The molecule has 2 unspecified atom stereocenters. The van der Waals surface area contributed by atoms with E-state index >= 15 is 0 Å². The summed E-state index contributed by atoms with van der Waals surface area (Å²) >= 11 is 5.95. The fourth-order valence-electron chi connectivity index (χ4n) is 3.95. The summed E-state index contributed by atoms with van der Waals surface area (Å²) < 4.78 is 46.4. The highest BCUT2D eigenvalue weighted by molar-refractivity contribution is 6.50. The summed E-state index contributed by atoms with van der Waals surface area (Å²) in [5, 5.41) is 5.43. The molecule has 0 radical (unpaired) electrons. The summed E-state index contributed by atoms with van der Waals surface area (Å²) in [5.41, 5.74) is 6.37. The van der Waals surface area contributed by atoms with Crippen molar-refractivity contribution in [2.75, 3.05) is 25.6 Å². The van der Waals surface area contributed by atoms with E-state index in [1.54, 1.807) is 0 Å². The first-order chi connectivity index (χ1) is 14.6. The lowest BCUT2D eigenvalue weighted by molar-refractivity contribution is -0.507. The summed E-state index contributed by atoms with van der Waals surface area (Å²) in [7, 11) is -4.53. The fourth-order valence-corrected chi connectivity index (χ4v) is 4.08. The molecule has 0 bridgehead atoms. The van der Waals surface area contributed by atoms with Crippen LogP contribution in [0.25, 0.3) is 0 Å². The van der Waals surface area contributed by atoms with Gasteiger partial charge in [-0.3, -0.25) is 10.2 Å². The maximum atomic E-state index is 12.2. The van der Waals surface area contributed by atoms with E-state index < -0.39 is 7.25 Å². The zero-order valence-corrected chi connectivity index (χ0v) is 18.3. The molecule has 11 heteroatoms. The Morgan fingerprint density at radius 1 is 1.19 bits per heavy atom. The largest absolute Gasteiger partial charge is 0.673 e. The van der Waals surface area contributed by atoms with E-state index in [4.69, 9.17) is 21.4 Å². The van der Waals surface area contributed by atoms with E-state index in [1.165, 1.54) is 25.7 Å². The van der Waals surface area contributed by atoms with Crippen LogP contribution in [0.4, 0.5) is 23.0 Å². The third kappa shape index (κ3) is 8.16. The molecule has 1 aromatic rings. The fraction of sp³-hybridized carbons (Fsp3) is 0.550. The van der Waals surface area contributed by atoms with Gasteiger partial charge in [-0.05, 0) is 43.5 Å². The number of esters is 1. The van der Waals surface area contributed by atoms with Crippen molar-refractivity contribution >= 4 is 41.9 Å². The van der Waals surface area contributed by atoms with Crippen LogP contribution in [0.5, 0.6) is 0 Å². The number of hydrogen-bond donors (Lipinski definition) is 1. The van der Waals surface area contributed by atoms with Gasteiger partial charge in [0.25, 0.3) is 0 Å². The van der Waals surface area contributed by atoms with Crippen LogP contribution < -0.4 is 5.43 Å². The second kappa shape index (κ2) is 11.5. The molecule has 1 heterocycles. The van der Waals surface area contributed by atoms with Crippen molar-refractivity contribution in [3.05, 3.63) is 29.3 Å². The molecule has 172 valence electrons. The van der Waals surface area contributed by atoms with E-state index in [1.807, 2.05) is 31.2 Å². The number of hydrogen-bond acceptors (Lipinski definition) is 4. The number of benzene rings is 1. The molecule has 3 rings (SSSR count). The molecule has 0 aromatic heterocycles. The molecular formula is C20H27BClF4N3O2. The Morgan fingerprint density at radius 2 is 1.77 bits per heavy atom. The molecule has 0 amide bonds. The molecule has 1 aromatic carbocycles. The molecular weight excluding hydrogens is 436 g/mol. The smallest absolute Gasteiger partial charge is 0.469 e. The minimum absolute atomic E-state index is 0.140. The predicted molar refractivity (Wildman–Crippen MR) is 115 cm³/mol. The number of ether oxygens (including phenoxy) is 1. The lowest BCUT2D eigenvalue weighted by atomic mass is 9.78. The van der Waals surface area contributed by atoms with Crippen molar-refractivity contribution in [2.24, 2.45) is 16.9 Å². The summed E-state index contributed by atoms with van der Waals surface area (Å²) in [6, 6.07) is 7.52. The van der Waals surface area contributed by atoms with Gasteiger partial charge in [-0.15, -0.1) is 0 Å². The van der Waals surface area contributed by atoms with Gasteiger partial charge in [-0.25, -0.2) is 4.58 Å². The Balaban J connectivity index is 0.000000614. The molecule has 1 saturated heterocycles. The highest BCUT2D eigenvalue weighted by Crippen LogP contribution is 2.29. The minimum Gasteiger partial charge on any atom is -0.469 e. The molecule has 5 nitrogen and oxygen atoms in total. The lowest BCUT2D eigenvalue weighted by Crippen LogP contribution is -2.42. The molecule has 0 spiro atoms. The van der Waals surface area contributed by atoms with E-state index in [2.05, 4.69) is 10.0 Å². The SMILES string of the molecule is COC(=O)C(C)C1CCC/C(=N\Nc2ccc(Cl)cc2)C1=[N+]1CCCC1.F[B-](F)(F)F. The Hall–Kier alpha value is -2.10. The van der Waals surface area contributed by atoms with Gasteiger partial charge in [0.1, 0.15) is 18.8 Å². The van der Waals surface area contributed by atoms with Crippen molar-refractivity contribution in [2.45, 2.75) is 39.0 Å². The number of methoxy groups -OCH3 is 1. The van der Waals surface area contributed by atoms with Crippen LogP contribution >= 0.6 is 11.6 Å². The van der Waals surface area contributed by atoms with Gasteiger partial charge in [-0.2, -0.15) is 5.10 Å². The first-order valence-corrected chi connectivity index (χ1v) is 10.6. The normalized spacial score (nSPS) is 21.4. The topological polar surface area (TPSA) is 53.7 Å². The first kappa shape index (κ1) is 25.2. The van der Waals surface area contributed by atoms with Gasteiger partial charge in [0.2, 0.25) is 5.71 Å². The van der Waals surface area contributed by atoms with Gasteiger partial charge >= 0.3 is 13.2 Å².